The average molecular weight is 391 g/mol. The molecule has 0 amide bonds. The highest BCUT2D eigenvalue weighted by molar-refractivity contribution is 9.10. The fourth-order valence-corrected chi connectivity index (χ4v) is 4.33. The van der Waals surface area contributed by atoms with E-state index < -0.39 is 15.4 Å². The van der Waals surface area contributed by atoms with Gasteiger partial charge in [-0.3, -0.25) is 4.79 Å². The van der Waals surface area contributed by atoms with Gasteiger partial charge in [0.05, 0.1) is 18.8 Å². The van der Waals surface area contributed by atoms with Gasteiger partial charge in [-0.15, -0.1) is 0 Å². The second-order valence-corrected chi connectivity index (χ2v) is 8.36. The van der Waals surface area contributed by atoms with Crippen molar-refractivity contribution in [2.24, 2.45) is 5.41 Å². The third kappa shape index (κ3) is 4.27. The van der Waals surface area contributed by atoms with Crippen LogP contribution in [-0.4, -0.2) is 38.8 Å². The van der Waals surface area contributed by atoms with Gasteiger partial charge in [-0.1, -0.05) is 0 Å². The summed E-state index contributed by atoms with van der Waals surface area (Å²) < 4.78 is 31.1. The zero-order valence-corrected chi connectivity index (χ0v) is 14.9. The normalized spacial score (nSPS) is 25.1. The SMILES string of the molecule is COC(=O)[C@@]1(Cc2ccnc(Br)c2)CC[C@H](NS(C)(=O)=O)C1. The van der Waals surface area contributed by atoms with Crippen molar-refractivity contribution in [2.45, 2.75) is 31.7 Å². The smallest absolute Gasteiger partial charge is 0.312 e. The minimum atomic E-state index is -3.29. The molecule has 8 heteroatoms. The lowest BCUT2D eigenvalue weighted by molar-refractivity contribution is -0.152. The van der Waals surface area contributed by atoms with E-state index in [0.29, 0.717) is 30.3 Å². The molecule has 1 aliphatic carbocycles. The molecule has 0 aromatic carbocycles. The van der Waals surface area contributed by atoms with Crippen LogP contribution in [0.4, 0.5) is 0 Å². The minimum absolute atomic E-state index is 0.237. The Morgan fingerprint density at radius 3 is 2.91 bits per heavy atom. The molecule has 1 heterocycles. The maximum absolute atomic E-state index is 12.3. The monoisotopic (exact) mass is 390 g/mol. The van der Waals surface area contributed by atoms with Crippen molar-refractivity contribution in [3.05, 3.63) is 28.5 Å². The maximum atomic E-state index is 12.3. The van der Waals surface area contributed by atoms with Crippen LogP contribution in [0.1, 0.15) is 24.8 Å². The summed E-state index contributed by atoms with van der Waals surface area (Å²) in [7, 11) is -1.92. The second kappa shape index (κ2) is 6.64. The molecule has 22 heavy (non-hydrogen) atoms. The molecule has 0 bridgehead atoms. The maximum Gasteiger partial charge on any atom is 0.312 e. The Bertz CT molecular complexity index is 665. The van der Waals surface area contributed by atoms with Crippen molar-refractivity contribution in [2.75, 3.05) is 13.4 Å². The standard InChI is InChI=1S/C14H19BrN2O4S/c1-21-13(18)14(8-10-4-6-16-12(15)7-10)5-3-11(9-14)17-22(2,19)20/h4,6-7,11,17H,3,5,8-9H2,1-2H3/t11-,14+/m0/s1. The summed E-state index contributed by atoms with van der Waals surface area (Å²) in [4.78, 5) is 16.4. The zero-order valence-electron chi connectivity index (χ0n) is 12.5. The first kappa shape index (κ1) is 17.4. The third-order valence-corrected chi connectivity index (χ3v) is 5.14. The fourth-order valence-electron chi connectivity index (χ4n) is 3.11. The van der Waals surface area contributed by atoms with Crippen molar-refractivity contribution < 1.29 is 17.9 Å². The molecule has 1 aromatic rings. The van der Waals surface area contributed by atoms with E-state index in [-0.39, 0.29) is 12.0 Å². The Kier molecular flexibility index (Phi) is 5.24. The van der Waals surface area contributed by atoms with Gasteiger partial charge in [0.25, 0.3) is 0 Å². The molecule has 0 saturated heterocycles. The van der Waals surface area contributed by atoms with Crippen LogP contribution >= 0.6 is 15.9 Å². The molecule has 1 fully saturated rings. The van der Waals surface area contributed by atoms with Crippen molar-refractivity contribution >= 4 is 31.9 Å². The molecule has 2 rings (SSSR count). The predicted molar refractivity (Wildman–Crippen MR) is 85.7 cm³/mol. The Labute approximate surface area is 138 Å². The number of esters is 1. The molecule has 122 valence electrons. The second-order valence-electron chi connectivity index (χ2n) is 5.77. The lowest BCUT2D eigenvalue weighted by Gasteiger charge is -2.26. The van der Waals surface area contributed by atoms with Crippen molar-refractivity contribution in [3.63, 3.8) is 0 Å². The molecule has 6 nitrogen and oxygen atoms in total. The summed E-state index contributed by atoms with van der Waals surface area (Å²) in [6.45, 7) is 0. The number of pyridine rings is 1. The first-order valence-electron chi connectivity index (χ1n) is 6.90. The number of carbonyl (C=O) groups is 1. The van der Waals surface area contributed by atoms with Gasteiger partial charge in [-0.05, 0) is 59.3 Å². The number of sulfonamides is 1. The Balaban J connectivity index is 2.22. The summed E-state index contributed by atoms with van der Waals surface area (Å²) in [6.07, 6.45) is 4.95. The van der Waals surface area contributed by atoms with Crippen molar-refractivity contribution in [3.8, 4) is 0 Å². The number of halogens is 1. The number of nitrogens with zero attached hydrogens (tertiary/aromatic N) is 1. The molecular formula is C14H19BrN2O4S. The summed E-state index contributed by atoms with van der Waals surface area (Å²) in [5.41, 5.74) is 0.269. The van der Waals surface area contributed by atoms with Gasteiger partial charge in [0.1, 0.15) is 4.60 Å². The molecule has 1 aromatic heterocycles. The number of carbonyl (C=O) groups excluding carboxylic acids is 1. The number of rotatable bonds is 5. The van der Waals surface area contributed by atoms with E-state index >= 15 is 0 Å². The van der Waals surface area contributed by atoms with E-state index in [0.717, 1.165) is 11.8 Å². The van der Waals surface area contributed by atoms with Gasteiger partial charge in [-0.2, -0.15) is 0 Å². The van der Waals surface area contributed by atoms with Crippen molar-refractivity contribution in [1.82, 2.24) is 9.71 Å². The first-order chi connectivity index (χ1) is 10.2. The number of aromatic nitrogens is 1. The van der Waals surface area contributed by atoms with Gasteiger partial charge in [0, 0.05) is 12.2 Å². The van der Waals surface area contributed by atoms with Crippen LogP contribution in [0.5, 0.6) is 0 Å². The van der Waals surface area contributed by atoms with Gasteiger partial charge < -0.3 is 4.74 Å². The topological polar surface area (TPSA) is 85.4 Å². The van der Waals surface area contributed by atoms with E-state index in [1.54, 1.807) is 6.20 Å². The van der Waals surface area contributed by atoms with Crippen LogP contribution in [0.2, 0.25) is 0 Å². The molecule has 1 saturated carbocycles. The number of hydrogen-bond donors (Lipinski definition) is 1. The van der Waals surface area contributed by atoms with Crippen molar-refractivity contribution in [1.29, 1.82) is 0 Å². The molecule has 0 radical (unpaired) electrons. The van der Waals surface area contributed by atoms with Crippen LogP contribution in [0.25, 0.3) is 0 Å². The number of nitrogens with one attached hydrogen (secondary N) is 1. The first-order valence-corrected chi connectivity index (χ1v) is 9.59. The zero-order chi connectivity index (χ0) is 16.4. The van der Waals surface area contributed by atoms with Gasteiger partial charge >= 0.3 is 5.97 Å². The molecule has 1 N–H and O–H groups in total. The summed E-state index contributed by atoms with van der Waals surface area (Å²) in [5, 5.41) is 0. The molecule has 1 aliphatic rings. The van der Waals surface area contributed by atoms with E-state index in [2.05, 4.69) is 25.6 Å². The van der Waals surface area contributed by atoms with Gasteiger partial charge in [0.15, 0.2) is 0 Å². The Hall–Kier alpha value is -0.990. The molecular weight excluding hydrogens is 372 g/mol. The van der Waals surface area contributed by atoms with E-state index in [1.165, 1.54) is 7.11 Å². The van der Waals surface area contributed by atoms with E-state index in [9.17, 15) is 13.2 Å². The third-order valence-electron chi connectivity index (χ3n) is 3.94. The molecule has 0 unspecified atom stereocenters. The highest BCUT2D eigenvalue weighted by Crippen LogP contribution is 2.42. The highest BCUT2D eigenvalue weighted by atomic mass is 79.9. The van der Waals surface area contributed by atoms with Gasteiger partial charge in [-0.25, -0.2) is 18.1 Å². The highest BCUT2D eigenvalue weighted by Gasteiger charge is 2.46. The molecule has 0 aliphatic heterocycles. The van der Waals surface area contributed by atoms with Crippen LogP contribution < -0.4 is 4.72 Å². The van der Waals surface area contributed by atoms with Crippen LogP contribution in [-0.2, 0) is 26.0 Å². The van der Waals surface area contributed by atoms with Crippen LogP contribution in [0, 0.1) is 5.41 Å². The summed E-state index contributed by atoms with van der Waals surface area (Å²) in [6, 6.07) is 3.48. The summed E-state index contributed by atoms with van der Waals surface area (Å²) >= 11 is 3.32. The number of ether oxygens (including phenoxy) is 1. The van der Waals surface area contributed by atoms with E-state index in [1.807, 2.05) is 12.1 Å². The fraction of sp³-hybridized carbons (Fsp3) is 0.571. The molecule has 2 atom stereocenters. The molecule has 0 spiro atoms. The lowest BCUT2D eigenvalue weighted by atomic mass is 9.80. The Morgan fingerprint density at radius 1 is 1.59 bits per heavy atom. The Morgan fingerprint density at radius 2 is 2.32 bits per heavy atom. The average Bonchev–Trinajstić information content (AvgIpc) is 2.79. The largest absolute Gasteiger partial charge is 0.469 e. The minimum Gasteiger partial charge on any atom is -0.469 e. The summed E-state index contributed by atoms with van der Waals surface area (Å²) in [5.74, 6) is -0.293. The lowest BCUT2D eigenvalue weighted by Crippen LogP contribution is -2.37. The quantitative estimate of drug-likeness (QED) is 0.610. The van der Waals surface area contributed by atoms with Crippen LogP contribution in [0.15, 0.2) is 22.9 Å². The van der Waals surface area contributed by atoms with E-state index in [4.69, 9.17) is 4.74 Å². The number of methoxy groups -OCH3 is 1. The predicted octanol–water partition coefficient (Wildman–Crippen LogP) is 1.65. The van der Waals surface area contributed by atoms with Gasteiger partial charge in [0.2, 0.25) is 10.0 Å². The number of hydrogen-bond acceptors (Lipinski definition) is 5. The van der Waals surface area contributed by atoms with Crippen LogP contribution in [0.3, 0.4) is 0 Å².